The van der Waals surface area contributed by atoms with E-state index in [2.05, 4.69) is 14.7 Å². The molecule has 0 aromatic carbocycles. The van der Waals surface area contributed by atoms with Crippen molar-refractivity contribution in [2.75, 3.05) is 5.73 Å². The summed E-state index contributed by atoms with van der Waals surface area (Å²) >= 11 is 0. The maximum absolute atomic E-state index is 12.4. The average molecular weight is 249 g/mol. The predicted molar refractivity (Wildman–Crippen MR) is 58.4 cm³/mol. The second-order valence-electron chi connectivity index (χ2n) is 3.74. The summed E-state index contributed by atoms with van der Waals surface area (Å²) in [5, 5.41) is 3.47. The summed E-state index contributed by atoms with van der Waals surface area (Å²) in [5.74, 6) is 0. The molecule has 0 aliphatic heterocycles. The molecule has 16 heavy (non-hydrogen) atoms. The number of aromatic nitrogens is 2. The highest BCUT2D eigenvalue weighted by Gasteiger charge is 2.35. The zero-order chi connectivity index (χ0) is 12.3. The molecule has 0 amide bonds. The largest absolute Gasteiger partial charge is 0.402 e. The number of hydrogen-bond donors (Lipinski definition) is 1. The van der Waals surface area contributed by atoms with Crippen molar-refractivity contribution in [2.45, 2.75) is 39.9 Å². The van der Waals surface area contributed by atoms with Crippen molar-refractivity contribution in [3.8, 4) is 0 Å². The Morgan fingerprint density at radius 1 is 1.25 bits per heavy atom. The second-order valence-corrected chi connectivity index (χ2v) is 5.55. The van der Waals surface area contributed by atoms with Gasteiger partial charge in [0, 0.05) is 0 Å². The smallest absolute Gasteiger partial charge is 0.351 e. The van der Waals surface area contributed by atoms with Crippen LogP contribution < -0.4 is 11.3 Å². The highest BCUT2D eigenvalue weighted by Crippen LogP contribution is 2.48. The molecule has 0 aliphatic rings. The molecule has 1 heterocycles. The van der Waals surface area contributed by atoms with Crippen LogP contribution in [0.4, 0.5) is 6.01 Å². The third kappa shape index (κ3) is 3.30. The Labute approximate surface area is 93.8 Å². The highest BCUT2D eigenvalue weighted by molar-refractivity contribution is 7.61. The fraction of sp³-hybridized carbons (Fsp3) is 0.750. The van der Waals surface area contributed by atoms with Crippen molar-refractivity contribution in [2.24, 2.45) is 0 Å². The lowest BCUT2D eigenvalue weighted by Gasteiger charge is -2.19. The van der Waals surface area contributed by atoms with E-state index in [9.17, 15) is 4.57 Å². The molecular weight excluding hydrogens is 233 g/mol. The van der Waals surface area contributed by atoms with E-state index in [4.69, 9.17) is 14.8 Å². The number of anilines is 1. The van der Waals surface area contributed by atoms with Crippen LogP contribution in [0.15, 0.2) is 4.52 Å². The Morgan fingerprint density at radius 2 is 1.75 bits per heavy atom. The van der Waals surface area contributed by atoms with Gasteiger partial charge < -0.3 is 19.3 Å². The molecule has 0 unspecified atom stereocenters. The molecule has 1 rings (SSSR count). The van der Waals surface area contributed by atoms with Gasteiger partial charge in [0.2, 0.25) is 0 Å². The third-order valence-electron chi connectivity index (χ3n) is 1.38. The summed E-state index contributed by atoms with van der Waals surface area (Å²) in [6.45, 7) is 6.94. The van der Waals surface area contributed by atoms with Crippen molar-refractivity contribution >= 4 is 19.2 Å². The Hall–Kier alpha value is -0.910. The zero-order valence-corrected chi connectivity index (χ0v) is 10.6. The van der Waals surface area contributed by atoms with Crippen LogP contribution >= 0.6 is 7.60 Å². The normalized spacial score (nSPS) is 12.6. The van der Waals surface area contributed by atoms with E-state index >= 15 is 0 Å². The average Bonchev–Trinajstić information content (AvgIpc) is 2.48. The third-order valence-corrected chi connectivity index (χ3v) is 3.45. The van der Waals surface area contributed by atoms with E-state index in [1.165, 1.54) is 0 Å². The van der Waals surface area contributed by atoms with E-state index in [0.29, 0.717) is 0 Å². The molecule has 0 spiro atoms. The molecule has 92 valence electrons. The summed E-state index contributed by atoms with van der Waals surface area (Å²) in [5.41, 5.74) is 5.12. The van der Waals surface area contributed by atoms with Gasteiger partial charge in [0.1, 0.15) is 0 Å². The Kier molecular flexibility index (Phi) is 4.07. The maximum atomic E-state index is 12.4. The summed E-state index contributed by atoms with van der Waals surface area (Å²) in [4.78, 5) is 3.68. The minimum atomic E-state index is -3.56. The van der Waals surface area contributed by atoms with Gasteiger partial charge in [-0.05, 0) is 32.9 Å². The Morgan fingerprint density at radius 3 is 2.06 bits per heavy atom. The molecule has 0 radical (unpaired) electrons. The van der Waals surface area contributed by atoms with E-state index in [1.54, 1.807) is 27.7 Å². The van der Waals surface area contributed by atoms with E-state index < -0.39 is 7.60 Å². The lowest BCUT2D eigenvalue weighted by Crippen LogP contribution is -2.19. The number of nitrogen functional groups attached to an aromatic ring is 1. The van der Waals surface area contributed by atoms with Crippen molar-refractivity contribution in [1.82, 2.24) is 10.1 Å². The lowest BCUT2D eigenvalue weighted by molar-refractivity contribution is 0.148. The van der Waals surface area contributed by atoms with Gasteiger partial charge in [0.25, 0.3) is 5.57 Å². The monoisotopic (exact) mass is 249 g/mol. The minimum absolute atomic E-state index is 0.146. The van der Waals surface area contributed by atoms with Crippen LogP contribution in [-0.2, 0) is 13.6 Å². The standard InChI is InChI=1S/C8H16N3O4P/c1-5(2)14-16(12,15-6(3)4)8-10-7(9)13-11-8/h5-6H,1-4H3,(H2,9,10,11). The van der Waals surface area contributed by atoms with Gasteiger partial charge in [-0.25, -0.2) is 0 Å². The summed E-state index contributed by atoms with van der Waals surface area (Å²) in [6.07, 6.45) is -0.575. The number of hydrogen-bond acceptors (Lipinski definition) is 7. The first-order valence-corrected chi connectivity index (χ1v) is 6.44. The second kappa shape index (κ2) is 4.95. The van der Waals surface area contributed by atoms with Crippen molar-refractivity contribution in [3.63, 3.8) is 0 Å². The molecule has 0 aliphatic carbocycles. The van der Waals surface area contributed by atoms with Crippen molar-refractivity contribution in [3.05, 3.63) is 0 Å². The fourth-order valence-electron chi connectivity index (χ4n) is 1.01. The van der Waals surface area contributed by atoms with Gasteiger partial charge in [-0.15, -0.1) is 0 Å². The van der Waals surface area contributed by atoms with E-state index in [-0.39, 0.29) is 23.8 Å². The maximum Gasteiger partial charge on any atom is 0.402 e. The number of nitrogens with two attached hydrogens (primary N) is 1. The molecule has 0 fully saturated rings. The minimum Gasteiger partial charge on any atom is -0.351 e. The molecule has 2 N–H and O–H groups in total. The van der Waals surface area contributed by atoms with Crippen LogP contribution in [0, 0.1) is 0 Å². The van der Waals surface area contributed by atoms with Crippen LogP contribution in [0.25, 0.3) is 0 Å². The van der Waals surface area contributed by atoms with E-state index in [0.717, 1.165) is 0 Å². The van der Waals surface area contributed by atoms with Crippen LogP contribution in [0.1, 0.15) is 27.7 Å². The molecule has 7 nitrogen and oxygen atoms in total. The molecule has 1 aromatic rings. The highest BCUT2D eigenvalue weighted by atomic mass is 31.2. The van der Waals surface area contributed by atoms with Gasteiger partial charge >= 0.3 is 13.6 Å². The SMILES string of the molecule is CC(C)OP(=O)(OC(C)C)c1noc(N)n1. The predicted octanol–water partition coefficient (Wildman–Crippen LogP) is 1.32. The first-order chi connectivity index (χ1) is 7.33. The number of nitrogens with zero attached hydrogens (tertiary/aromatic N) is 2. The topological polar surface area (TPSA) is 100 Å². The number of rotatable bonds is 5. The van der Waals surface area contributed by atoms with Gasteiger partial charge in [0.05, 0.1) is 12.2 Å². The Balaban J connectivity index is 2.99. The quantitative estimate of drug-likeness (QED) is 0.785. The van der Waals surface area contributed by atoms with Crippen LogP contribution in [-0.4, -0.2) is 22.3 Å². The van der Waals surface area contributed by atoms with Gasteiger partial charge in [-0.1, -0.05) is 0 Å². The molecule has 0 atom stereocenters. The Bertz CT molecular complexity index is 376. The fourth-order valence-corrected chi connectivity index (χ4v) is 2.72. The molecule has 0 saturated carbocycles. The molecule has 8 heteroatoms. The molecule has 0 bridgehead atoms. The molecular formula is C8H16N3O4P. The van der Waals surface area contributed by atoms with Crippen molar-refractivity contribution < 1.29 is 18.1 Å². The lowest BCUT2D eigenvalue weighted by atomic mass is 10.5. The van der Waals surface area contributed by atoms with E-state index in [1.807, 2.05) is 0 Å². The molecule has 0 saturated heterocycles. The van der Waals surface area contributed by atoms with Crippen LogP contribution in [0.2, 0.25) is 0 Å². The molecule has 1 aromatic heterocycles. The van der Waals surface area contributed by atoms with Crippen molar-refractivity contribution in [1.29, 1.82) is 0 Å². The van der Waals surface area contributed by atoms with Gasteiger partial charge in [-0.2, -0.15) is 4.98 Å². The summed E-state index contributed by atoms with van der Waals surface area (Å²) in [6, 6.07) is -0.171. The zero-order valence-electron chi connectivity index (χ0n) is 9.71. The van der Waals surface area contributed by atoms with Gasteiger partial charge in [-0.3, -0.25) is 4.57 Å². The van der Waals surface area contributed by atoms with Gasteiger partial charge in [0.15, 0.2) is 0 Å². The summed E-state index contributed by atoms with van der Waals surface area (Å²) < 4.78 is 27.4. The van der Waals surface area contributed by atoms with Crippen LogP contribution in [0.3, 0.4) is 0 Å². The summed E-state index contributed by atoms with van der Waals surface area (Å²) in [7, 11) is -3.56. The first kappa shape index (κ1) is 13.2. The van der Waals surface area contributed by atoms with Crippen LogP contribution in [0.5, 0.6) is 0 Å². The first-order valence-electron chi connectivity index (χ1n) is 4.90.